The summed E-state index contributed by atoms with van der Waals surface area (Å²) in [4.78, 5) is 0. The van der Waals surface area contributed by atoms with Gasteiger partial charge in [0.15, 0.2) is 0 Å². The van der Waals surface area contributed by atoms with Crippen molar-refractivity contribution >= 4 is 15.9 Å². The molecule has 0 aliphatic carbocycles. The van der Waals surface area contributed by atoms with Crippen LogP contribution < -0.4 is 11.3 Å². The first-order chi connectivity index (χ1) is 8.74. The number of benzene rings is 1. The summed E-state index contributed by atoms with van der Waals surface area (Å²) in [6, 6.07) is 10.3. The zero-order valence-electron chi connectivity index (χ0n) is 10.3. The zero-order chi connectivity index (χ0) is 13.0. The lowest BCUT2D eigenvalue weighted by atomic mass is 9.99. The number of hydrogen-bond acceptors (Lipinski definition) is 3. The smallest absolute Gasteiger partial charge is 0.108 e. The molecular weight excluding hydrogens is 292 g/mol. The first-order valence-corrected chi connectivity index (χ1v) is 6.80. The maximum atomic E-state index is 5.67. The van der Waals surface area contributed by atoms with Crippen molar-refractivity contribution in [3.63, 3.8) is 0 Å². The predicted octanol–water partition coefficient (Wildman–Crippen LogP) is 3.35. The third-order valence-corrected chi connectivity index (χ3v) is 3.50. The fourth-order valence-electron chi connectivity index (χ4n) is 2.11. The molecule has 1 heterocycles. The van der Waals surface area contributed by atoms with Crippen molar-refractivity contribution in [1.82, 2.24) is 5.43 Å². The normalized spacial score (nSPS) is 12.6. The second-order valence-electron chi connectivity index (χ2n) is 4.21. The summed E-state index contributed by atoms with van der Waals surface area (Å²) in [5.74, 6) is 6.66. The van der Waals surface area contributed by atoms with Gasteiger partial charge in [0.2, 0.25) is 0 Å². The van der Waals surface area contributed by atoms with E-state index in [1.54, 1.807) is 6.26 Å². The number of hydrogen-bond donors (Lipinski definition) is 2. The number of halogens is 1. The third kappa shape index (κ3) is 3.02. The Morgan fingerprint density at radius 3 is 2.89 bits per heavy atom. The minimum absolute atomic E-state index is 0.0769. The van der Waals surface area contributed by atoms with Crippen LogP contribution in [0.2, 0.25) is 0 Å². The Balaban J connectivity index is 2.20. The summed E-state index contributed by atoms with van der Waals surface area (Å²) in [5, 5.41) is 0. The molecule has 2 aromatic rings. The molecule has 0 spiro atoms. The van der Waals surface area contributed by atoms with Crippen molar-refractivity contribution in [3.05, 3.63) is 58.0 Å². The van der Waals surface area contributed by atoms with Crippen molar-refractivity contribution in [3.8, 4) is 0 Å². The Morgan fingerprint density at radius 2 is 2.22 bits per heavy atom. The molecule has 0 bridgehead atoms. The lowest BCUT2D eigenvalue weighted by molar-refractivity contribution is 0.487. The molecule has 1 aromatic heterocycles. The summed E-state index contributed by atoms with van der Waals surface area (Å²) in [6.07, 6.45) is 3.43. The van der Waals surface area contributed by atoms with E-state index in [-0.39, 0.29) is 6.04 Å². The van der Waals surface area contributed by atoms with E-state index in [4.69, 9.17) is 10.3 Å². The van der Waals surface area contributed by atoms with Crippen LogP contribution in [-0.2, 0) is 12.8 Å². The van der Waals surface area contributed by atoms with E-state index in [9.17, 15) is 0 Å². The fourth-order valence-corrected chi connectivity index (χ4v) is 2.55. The Hall–Kier alpha value is -1.10. The van der Waals surface area contributed by atoms with Crippen LogP contribution in [0.15, 0.2) is 45.5 Å². The van der Waals surface area contributed by atoms with Gasteiger partial charge in [0.05, 0.1) is 12.3 Å². The molecule has 0 fully saturated rings. The molecular formula is C14H17BrN2O. The maximum Gasteiger partial charge on any atom is 0.108 e. The van der Waals surface area contributed by atoms with Gasteiger partial charge < -0.3 is 4.42 Å². The Kier molecular flexibility index (Phi) is 4.58. The van der Waals surface area contributed by atoms with Crippen LogP contribution in [0.25, 0.3) is 0 Å². The lowest BCUT2D eigenvalue weighted by Crippen LogP contribution is -2.29. The molecule has 0 saturated heterocycles. The van der Waals surface area contributed by atoms with Gasteiger partial charge in [0.1, 0.15) is 5.76 Å². The van der Waals surface area contributed by atoms with E-state index in [0.29, 0.717) is 0 Å². The van der Waals surface area contributed by atoms with Crippen LogP contribution in [0.5, 0.6) is 0 Å². The summed E-state index contributed by atoms with van der Waals surface area (Å²) >= 11 is 3.48. The van der Waals surface area contributed by atoms with Crippen molar-refractivity contribution in [2.45, 2.75) is 25.8 Å². The molecule has 3 nitrogen and oxygen atoms in total. The van der Waals surface area contributed by atoms with Gasteiger partial charge in [-0.25, -0.2) is 0 Å². The van der Waals surface area contributed by atoms with E-state index in [0.717, 1.165) is 28.6 Å². The number of hydrazine groups is 1. The Morgan fingerprint density at radius 1 is 1.39 bits per heavy atom. The average molecular weight is 309 g/mol. The molecule has 4 heteroatoms. The minimum Gasteiger partial charge on any atom is -0.469 e. The van der Waals surface area contributed by atoms with Crippen LogP contribution >= 0.6 is 15.9 Å². The highest BCUT2D eigenvalue weighted by molar-refractivity contribution is 9.10. The second kappa shape index (κ2) is 6.18. The monoisotopic (exact) mass is 308 g/mol. The van der Waals surface area contributed by atoms with Crippen LogP contribution in [0.4, 0.5) is 0 Å². The first-order valence-electron chi connectivity index (χ1n) is 6.01. The van der Waals surface area contributed by atoms with Gasteiger partial charge in [-0.3, -0.25) is 11.3 Å². The van der Waals surface area contributed by atoms with E-state index in [1.165, 1.54) is 5.56 Å². The highest BCUT2D eigenvalue weighted by Gasteiger charge is 2.16. The van der Waals surface area contributed by atoms with Crippen molar-refractivity contribution < 1.29 is 4.42 Å². The average Bonchev–Trinajstić information content (AvgIpc) is 2.84. The SMILES string of the molecule is CCc1occc1C(Cc1cccc(Br)c1)NN. The first kappa shape index (κ1) is 13.3. The molecule has 96 valence electrons. The van der Waals surface area contributed by atoms with Crippen LogP contribution in [0, 0.1) is 0 Å². The van der Waals surface area contributed by atoms with Crippen LogP contribution in [0.3, 0.4) is 0 Å². The molecule has 0 amide bonds. The fraction of sp³-hybridized carbons (Fsp3) is 0.286. The van der Waals surface area contributed by atoms with E-state index in [1.807, 2.05) is 18.2 Å². The van der Waals surface area contributed by atoms with Crippen molar-refractivity contribution in [2.24, 2.45) is 5.84 Å². The predicted molar refractivity (Wildman–Crippen MR) is 76.0 cm³/mol. The van der Waals surface area contributed by atoms with Gasteiger partial charge in [0.25, 0.3) is 0 Å². The third-order valence-electron chi connectivity index (χ3n) is 3.01. The maximum absolute atomic E-state index is 5.67. The van der Waals surface area contributed by atoms with Gasteiger partial charge in [-0.1, -0.05) is 35.0 Å². The molecule has 3 N–H and O–H groups in total. The van der Waals surface area contributed by atoms with Crippen LogP contribution in [0.1, 0.15) is 29.9 Å². The summed E-state index contributed by atoms with van der Waals surface area (Å²) in [6.45, 7) is 2.08. The Bertz CT molecular complexity index is 510. The van der Waals surface area contributed by atoms with E-state index in [2.05, 4.69) is 40.4 Å². The molecule has 18 heavy (non-hydrogen) atoms. The van der Waals surface area contributed by atoms with Gasteiger partial charge in [0, 0.05) is 16.5 Å². The van der Waals surface area contributed by atoms with Gasteiger partial charge in [-0.05, 0) is 30.2 Å². The number of nitrogens with one attached hydrogen (secondary N) is 1. The van der Waals surface area contributed by atoms with Gasteiger partial charge in [-0.2, -0.15) is 0 Å². The molecule has 1 unspecified atom stereocenters. The second-order valence-corrected chi connectivity index (χ2v) is 5.12. The summed E-state index contributed by atoms with van der Waals surface area (Å²) in [5.41, 5.74) is 5.24. The molecule has 0 aliphatic rings. The number of furan rings is 1. The highest BCUT2D eigenvalue weighted by Crippen LogP contribution is 2.24. The molecule has 0 aliphatic heterocycles. The molecule has 0 saturated carbocycles. The molecule has 2 rings (SSSR count). The standard InChI is InChI=1S/C14H17BrN2O/c1-2-14-12(6-7-18-14)13(17-16)9-10-4-3-5-11(15)8-10/h3-8,13,17H,2,9,16H2,1H3. The van der Waals surface area contributed by atoms with Crippen molar-refractivity contribution in [1.29, 1.82) is 0 Å². The Labute approximate surface area is 115 Å². The van der Waals surface area contributed by atoms with Crippen LogP contribution in [-0.4, -0.2) is 0 Å². The lowest BCUT2D eigenvalue weighted by Gasteiger charge is -2.16. The highest BCUT2D eigenvalue weighted by atomic mass is 79.9. The quantitative estimate of drug-likeness (QED) is 0.658. The number of rotatable bonds is 5. The van der Waals surface area contributed by atoms with Crippen molar-refractivity contribution in [2.75, 3.05) is 0 Å². The summed E-state index contributed by atoms with van der Waals surface area (Å²) in [7, 11) is 0. The van der Waals surface area contributed by atoms with Gasteiger partial charge in [-0.15, -0.1) is 0 Å². The molecule has 1 atom stereocenters. The van der Waals surface area contributed by atoms with E-state index >= 15 is 0 Å². The molecule has 1 aromatic carbocycles. The van der Waals surface area contributed by atoms with E-state index < -0.39 is 0 Å². The number of aryl methyl sites for hydroxylation is 1. The van der Waals surface area contributed by atoms with Gasteiger partial charge >= 0.3 is 0 Å². The topological polar surface area (TPSA) is 51.2 Å². The largest absolute Gasteiger partial charge is 0.469 e. The minimum atomic E-state index is 0.0769. The molecule has 0 radical (unpaired) electrons. The number of nitrogens with two attached hydrogens (primary N) is 1. The zero-order valence-corrected chi connectivity index (χ0v) is 11.9. The summed E-state index contributed by atoms with van der Waals surface area (Å²) < 4.78 is 6.54.